The lowest BCUT2D eigenvalue weighted by Crippen LogP contribution is -1.90. The smallest absolute Gasteiger partial charge is 0.226 e. The number of aliphatic hydroxyl groups excluding tert-OH is 1. The lowest BCUT2D eigenvalue weighted by atomic mass is 10.1. The van der Waals surface area contributed by atoms with Gasteiger partial charge in [0.2, 0.25) is 5.89 Å². The first kappa shape index (κ1) is 11.8. The zero-order valence-electron chi connectivity index (χ0n) is 9.77. The van der Waals surface area contributed by atoms with Gasteiger partial charge < -0.3 is 9.52 Å². The Labute approximate surface area is 98.9 Å². The van der Waals surface area contributed by atoms with Crippen LogP contribution in [0.1, 0.15) is 31.1 Å². The number of benzene rings is 1. The molecule has 1 aromatic heterocycles. The summed E-state index contributed by atoms with van der Waals surface area (Å²) in [5.41, 5.74) is 1.10. The molecular weight excluding hydrogens is 221 g/mol. The highest BCUT2D eigenvalue weighted by Gasteiger charge is 2.13. The third-order valence-corrected chi connectivity index (χ3v) is 2.57. The third kappa shape index (κ3) is 2.36. The average molecular weight is 235 g/mol. The van der Waals surface area contributed by atoms with Crippen molar-refractivity contribution < 1.29 is 13.9 Å². The fourth-order valence-corrected chi connectivity index (χ4v) is 1.56. The molecule has 0 fully saturated rings. The maximum absolute atomic E-state index is 13.2. The molecule has 17 heavy (non-hydrogen) atoms. The molecule has 2 rings (SSSR count). The highest BCUT2D eigenvalue weighted by Crippen LogP contribution is 2.27. The van der Waals surface area contributed by atoms with Crippen molar-refractivity contribution in [2.24, 2.45) is 0 Å². The van der Waals surface area contributed by atoms with Gasteiger partial charge in [-0.25, -0.2) is 9.37 Å². The van der Waals surface area contributed by atoms with Crippen LogP contribution in [0.4, 0.5) is 4.39 Å². The minimum atomic E-state index is -0.374. The summed E-state index contributed by atoms with van der Waals surface area (Å²) in [6.45, 7) is 3.81. The van der Waals surface area contributed by atoms with Crippen molar-refractivity contribution >= 4 is 0 Å². The molecule has 0 atom stereocenters. The lowest BCUT2D eigenvalue weighted by Gasteiger charge is -2.04. The van der Waals surface area contributed by atoms with E-state index >= 15 is 0 Å². The molecule has 4 heteroatoms. The Kier molecular flexibility index (Phi) is 3.24. The second-order valence-electron chi connectivity index (χ2n) is 4.18. The second-order valence-corrected chi connectivity index (χ2v) is 4.18. The summed E-state index contributed by atoms with van der Waals surface area (Å²) < 4.78 is 18.7. The number of halogens is 1. The Balaban J connectivity index is 2.47. The van der Waals surface area contributed by atoms with Gasteiger partial charge in [-0.3, -0.25) is 0 Å². The van der Waals surface area contributed by atoms with E-state index in [1.165, 1.54) is 18.2 Å². The Bertz CT molecular complexity index is 520. The zero-order chi connectivity index (χ0) is 12.4. The van der Waals surface area contributed by atoms with Gasteiger partial charge in [0.25, 0.3) is 0 Å². The molecule has 1 N–H and O–H groups in total. The van der Waals surface area contributed by atoms with Crippen molar-refractivity contribution in [2.45, 2.75) is 26.4 Å². The molecule has 0 aliphatic rings. The number of oxazole rings is 1. The van der Waals surface area contributed by atoms with Crippen LogP contribution in [0.15, 0.2) is 28.8 Å². The highest BCUT2D eigenvalue weighted by molar-refractivity contribution is 5.58. The normalized spacial score (nSPS) is 11.1. The van der Waals surface area contributed by atoms with Crippen molar-refractivity contribution in [1.29, 1.82) is 0 Å². The van der Waals surface area contributed by atoms with Crippen molar-refractivity contribution in [3.05, 3.63) is 41.5 Å². The van der Waals surface area contributed by atoms with Gasteiger partial charge >= 0.3 is 0 Å². The minimum Gasteiger partial charge on any atom is -0.441 e. The van der Waals surface area contributed by atoms with Crippen LogP contribution in [-0.2, 0) is 6.61 Å². The number of aliphatic hydroxyl groups is 1. The average Bonchev–Trinajstić information content (AvgIpc) is 2.78. The first-order chi connectivity index (χ1) is 8.11. The number of aromatic nitrogens is 1. The first-order valence-corrected chi connectivity index (χ1v) is 5.47. The fourth-order valence-electron chi connectivity index (χ4n) is 1.56. The van der Waals surface area contributed by atoms with Crippen LogP contribution in [0, 0.1) is 5.82 Å². The van der Waals surface area contributed by atoms with E-state index in [1.54, 1.807) is 6.20 Å². The summed E-state index contributed by atoms with van der Waals surface area (Å²) in [7, 11) is 0. The van der Waals surface area contributed by atoms with Gasteiger partial charge in [-0.1, -0.05) is 19.9 Å². The van der Waals surface area contributed by atoms with E-state index < -0.39 is 0 Å². The standard InChI is InChI=1S/C13H14FNO2/c1-8(2)12-6-15-13(17-12)11-5-10(14)4-3-9(11)7-16/h3-6,8,16H,7H2,1-2H3. The maximum Gasteiger partial charge on any atom is 0.226 e. The van der Waals surface area contributed by atoms with Gasteiger partial charge in [0, 0.05) is 11.5 Å². The van der Waals surface area contributed by atoms with E-state index in [0.29, 0.717) is 17.0 Å². The molecule has 0 aliphatic heterocycles. The summed E-state index contributed by atoms with van der Waals surface area (Å²) in [6, 6.07) is 4.16. The molecule has 0 bridgehead atoms. The third-order valence-electron chi connectivity index (χ3n) is 2.57. The van der Waals surface area contributed by atoms with Crippen LogP contribution in [0.2, 0.25) is 0 Å². The van der Waals surface area contributed by atoms with Crippen molar-refractivity contribution in [2.75, 3.05) is 0 Å². The van der Waals surface area contributed by atoms with Crippen molar-refractivity contribution in [3.8, 4) is 11.5 Å². The summed E-state index contributed by atoms with van der Waals surface area (Å²) in [4.78, 5) is 4.11. The molecule has 2 aromatic rings. The molecule has 90 valence electrons. The first-order valence-electron chi connectivity index (χ1n) is 5.47. The zero-order valence-corrected chi connectivity index (χ0v) is 9.77. The summed E-state index contributed by atoms with van der Waals surface area (Å²) in [5.74, 6) is 0.939. The summed E-state index contributed by atoms with van der Waals surface area (Å²) >= 11 is 0. The van der Waals surface area contributed by atoms with Crippen LogP contribution in [0.3, 0.4) is 0 Å². The molecule has 0 spiro atoms. The predicted molar refractivity (Wildman–Crippen MR) is 61.9 cm³/mol. The molecular formula is C13H14FNO2. The maximum atomic E-state index is 13.2. The van der Waals surface area contributed by atoms with E-state index in [9.17, 15) is 9.50 Å². The Morgan fingerprint density at radius 1 is 1.41 bits per heavy atom. The Morgan fingerprint density at radius 2 is 2.18 bits per heavy atom. The van der Waals surface area contributed by atoms with E-state index in [4.69, 9.17) is 4.42 Å². The van der Waals surface area contributed by atoms with Crippen LogP contribution >= 0.6 is 0 Å². The monoisotopic (exact) mass is 235 g/mol. The molecule has 0 unspecified atom stereocenters. The van der Waals surface area contributed by atoms with Gasteiger partial charge in [-0.05, 0) is 17.7 Å². The van der Waals surface area contributed by atoms with E-state index in [0.717, 1.165) is 5.76 Å². The van der Waals surface area contributed by atoms with Crippen LogP contribution in [0.5, 0.6) is 0 Å². The summed E-state index contributed by atoms with van der Waals surface area (Å²) in [5, 5.41) is 9.19. The molecule has 0 saturated carbocycles. The topological polar surface area (TPSA) is 46.3 Å². The van der Waals surface area contributed by atoms with Gasteiger partial charge in [0.15, 0.2) is 0 Å². The Hall–Kier alpha value is -1.68. The highest BCUT2D eigenvalue weighted by atomic mass is 19.1. The molecule has 0 aliphatic carbocycles. The van der Waals surface area contributed by atoms with Gasteiger partial charge in [0.05, 0.1) is 12.8 Å². The molecule has 3 nitrogen and oxygen atoms in total. The number of hydrogen-bond donors (Lipinski definition) is 1. The molecule has 0 amide bonds. The SMILES string of the molecule is CC(C)c1cnc(-c2cc(F)ccc2CO)o1. The second kappa shape index (κ2) is 4.67. The molecule has 1 aromatic carbocycles. The van der Waals surface area contributed by atoms with Crippen LogP contribution in [-0.4, -0.2) is 10.1 Å². The van der Waals surface area contributed by atoms with Gasteiger partial charge in [0.1, 0.15) is 11.6 Å². The molecule has 0 saturated heterocycles. The van der Waals surface area contributed by atoms with E-state index in [-0.39, 0.29) is 18.3 Å². The Morgan fingerprint density at radius 3 is 2.76 bits per heavy atom. The van der Waals surface area contributed by atoms with Crippen molar-refractivity contribution in [1.82, 2.24) is 4.98 Å². The number of nitrogens with zero attached hydrogens (tertiary/aromatic N) is 1. The van der Waals surface area contributed by atoms with Crippen LogP contribution < -0.4 is 0 Å². The quantitative estimate of drug-likeness (QED) is 0.889. The molecule has 1 heterocycles. The van der Waals surface area contributed by atoms with Crippen LogP contribution in [0.25, 0.3) is 11.5 Å². The van der Waals surface area contributed by atoms with E-state index in [1.807, 2.05) is 13.8 Å². The minimum absolute atomic E-state index is 0.172. The van der Waals surface area contributed by atoms with Gasteiger partial charge in [-0.2, -0.15) is 0 Å². The number of rotatable bonds is 3. The molecule has 0 radical (unpaired) electrons. The van der Waals surface area contributed by atoms with Crippen molar-refractivity contribution in [3.63, 3.8) is 0 Å². The van der Waals surface area contributed by atoms with E-state index in [2.05, 4.69) is 4.98 Å². The predicted octanol–water partition coefficient (Wildman–Crippen LogP) is 3.10. The lowest BCUT2D eigenvalue weighted by molar-refractivity contribution is 0.282. The number of hydrogen-bond acceptors (Lipinski definition) is 3. The largest absolute Gasteiger partial charge is 0.441 e. The fraction of sp³-hybridized carbons (Fsp3) is 0.308. The van der Waals surface area contributed by atoms with Gasteiger partial charge in [-0.15, -0.1) is 0 Å². The summed E-state index contributed by atoms with van der Waals surface area (Å²) in [6.07, 6.45) is 1.63.